The summed E-state index contributed by atoms with van der Waals surface area (Å²) in [6.45, 7) is 1.60. The van der Waals surface area contributed by atoms with Crippen LogP contribution in [-0.2, 0) is 9.84 Å². The van der Waals surface area contributed by atoms with Crippen molar-refractivity contribution in [2.75, 3.05) is 0 Å². The summed E-state index contributed by atoms with van der Waals surface area (Å²) in [6.07, 6.45) is 1.31. The van der Waals surface area contributed by atoms with Crippen LogP contribution in [0.15, 0.2) is 53.7 Å². The highest BCUT2D eigenvalue weighted by molar-refractivity contribution is 7.91. The van der Waals surface area contributed by atoms with E-state index in [2.05, 4.69) is 15.2 Å². The molecule has 1 N–H and O–H groups in total. The number of fused-ring (bicyclic) bond motifs is 1. The van der Waals surface area contributed by atoms with E-state index in [-0.39, 0.29) is 0 Å². The molecule has 2 aromatic carbocycles. The first kappa shape index (κ1) is 12.8. The molecule has 0 fully saturated rings. The molecule has 3 rings (SSSR count). The molecule has 0 amide bonds. The second-order valence-corrected chi connectivity index (χ2v) is 6.84. The van der Waals surface area contributed by atoms with Gasteiger partial charge in [-0.1, -0.05) is 30.3 Å². The molecule has 0 saturated heterocycles. The highest BCUT2D eigenvalue weighted by Gasteiger charge is 2.27. The van der Waals surface area contributed by atoms with Gasteiger partial charge in [-0.15, -0.1) is 0 Å². The number of aromatic amines is 1. The summed E-state index contributed by atoms with van der Waals surface area (Å²) >= 11 is 0. The molecule has 1 aromatic heterocycles. The van der Waals surface area contributed by atoms with E-state index >= 15 is 0 Å². The van der Waals surface area contributed by atoms with Gasteiger partial charge in [0, 0.05) is 0 Å². The van der Waals surface area contributed by atoms with Gasteiger partial charge in [-0.05, 0) is 29.8 Å². The first-order chi connectivity index (χ1) is 9.59. The molecule has 1 heterocycles. The van der Waals surface area contributed by atoms with Crippen LogP contribution in [0.3, 0.4) is 0 Å². The van der Waals surface area contributed by atoms with E-state index in [1.165, 1.54) is 6.33 Å². The maximum Gasteiger partial charge on any atom is 0.188 e. The van der Waals surface area contributed by atoms with Crippen LogP contribution in [0.1, 0.15) is 18.0 Å². The van der Waals surface area contributed by atoms with E-state index in [9.17, 15) is 8.42 Å². The second kappa shape index (κ2) is 4.72. The first-order valence-electron chi connectivity index (χ1n) is 6.17. The predicted octanol–water partition coefficient (Wildman–Crippen LogP) is 2.49. The number of benzene rings is 2. The summed E-state index contributed by atoms with van der Waals surface area (Å²) in [5.74, 6) is 0.346. The molecule has 0 spiro atoms. The van der Waals surface area contributed by atoms with Crippen molar-refractivity contribution in [3.63, 3.8) is 0 Å². The Morgan fingerprint density at radius 2 is 1.85 bits per heavy atom. The molecular formula is C14H13N3O2S. The zero-order valence-electron chi connectivity index (χ0n) is 10.8. The van der Waals surface area contributed by atoms with Gasteiger partial charge in [0.25, 0.3) is 0 Å². The summed E-state index contributed by atoms with van der Waals surface area (Å²) in [6, 6.07) is 12.8. The number of H-pyrrole nitrogens is 1. The number of sulfone groups is 1. The molecular weight excluding hydrogens is 274 g/mol. The third-order valence-corrected chi connectivity index (χ3v) is 5.40. The molecule has 0 saturated carbocycles. The molecule has 1 atom stereocenters. The molecule has 3 aromatic rings. The van der Waals surface area contributed by atoms with Crippen LogP contribution in [0.5, 0.6) is 0 Å². The zero-order valence-corrected chi connectivity index (χ0v) is 11.6. The van der Waals surface area contributed by atoms with E-state index < -0.39 is 15.1 Å². The smallest absolute Gasteiger partial charge is 0.188 e. The fourth-order valence-electron chi connectivity index (χ4n) is 2.11. The SMILES string of the molecule is CC(c1ncn[nH]1)S(=O)(=O)c1ccc2ccccc2c1. The van der Waals surface area contributed by atoms with Gasteiger partial charge in [-0.3, -0.25) is 5.10 Å². The van der Waals surface area contributed by atoms with E-state index in [4.69, 9.17) is 0 Å². The Labute approximate surface area is 116 Å². The number of aromatic nitrogens is 3. The summed E-state index contributed by atoms with van der Waals surface area (Å²) in [4.78, 5) is 4.22. The maximum atomic E-state index is 12.6. The Morgan fingerprint density at radius 1 is 1.10 bits per heavy atom. The quantitative estimate of drug-likeness (QED) is 0.803. The lowest BCUT2D eigenvalue weighted by Gasteiger charge is -2.11. The Morgan fingerprint density at radius 3 is 2.55 bits per heavy atom. The van der Waals surface area contributed by atoms with Crippen molar-refractivity contribution in [3.8, 4) is 0 Å². The van der Waals surface area contributed by atoms with Crippen LogP contribution in [0.4, 0.5) is 0 Å². The molecule has 0 aliphatic carbocycles. The van der Waals surface area contributed by atoms with Gasteiger partial charge in [-0.25, -0.2) is 13.4 Å². The Bertz CT molecular complexity index is 842. The normalized spacial score (nSPS) is 13.4. The first-order valence-corrected chi connectivity index (χ1v) is 7.71. The van der Waals surface area contributed by atoms with Crippen LogP contribution in [0, 0.1) is 0 Å². The predicted molar refractivity (Wildman–Crippen MR) is 75.9 cm³/mol. The molecule has 0 bridgehead atoms. The van der Waals surface area contributed by atoms with E-state index in [0.717, 1.165) is 10.8 Å². The molecule has 0 aliphatic heterocycles. The minimum atomic E-state index is -3.49. The largest absolute Gasteiger partial charge is 0.262 e. The van der Waals surface area contributed by atoms with Crippen LogP contribution in [-0.4, -0.2) is 23.6 Å². The summed E-state index contributed by atoms with van der Waals surface area (Å²) in [5.41, 5.74) is 0. The van der Waals surface area contributed by atoms with Gasteiger partial charge in [-0.2, -0.15) is 5.10 Å². The lowest BCUT2D eigenvalue weighted by Crippen LogP contribution is -2.12. The molecule has 102 valence electrons. The molecule has 1 unspecified atom stereocenters. The minimum Gasteiger partial charge on any atom is -0.262 e. The fraction of sp³-hybridized carbons (Fsp3) is 0.143. The van der Waals surface area contributed by atoms with Crippen LogP contribution >= 0.6 is 0 Å². The number of nitrogens with zero attached hydrogens (tertiary/aromatic N) is 2. The third kappa shape index (κ3) is 2.08. The van der Waals surface area contributed by atoms with Crippen molar-refractivity contribution in [2.24, 2.45) is 0 Å². The second-order valence-electron chi connectivity index (χ2n) is 4.57. The Hall–Kier alpha value is -2.21. The standard InChI is InChI=1S/C14H13N3O2S/c1-10(14-15-9-16-17-14)20(18,19)13-7-6-11-4-2-3-5-12(11)8-13/h2-10H,1H3,(H,15,16,17). The van der Waals surface area contributed by atoms with Crippen molar-refractivity contribution in [1.82, 2.24) is 15.2 Å². The number of hydrogen-bond acceptors (Lipinski definition) is 4. The summed E-state index contributed by atoms with van der Waals surface area (Å²) in [5, 5.41) is 7.47. The fourth-order valence-corrected chi connectivity index (χ4v) is 3.47. The van der Waals surface area contributed by atoms with E-state index in [0.29, 0.717) is 10.7 Å². The van der Waals surface area contributed by atoms with Crippen molar-refractivity contribution >= 4 is 20.6 Å². The van der Waals surface area contributed by atoms with Gasteiger partial charge in [0.05, 0.1) is 4.90 Å². The highest BCUT2D eigenvalue weighted by atomic mass is 32.2. The van der Waals surface area contributed by atoms with Gasteiger partial charge >= 0.3 is 0 Å². The zero-order chi connectivity index (χ0) is 14.2. The maximum absolute atomic E-state index is 12.6. The number of nitrogens with one attached hydrogen (secondary N) is 1. The number of hydrogen-bond donors (Lipinski definition) is 1. The van der Waals surface area contributed by atoms with Crippen molar-refractivity contribution in [2.45, 2.75) is 17.1 Å². The van der Waals surface area contributed by atoms with Crippen LogP contribution in [0.2, 0.25) is 0 Å². The van der Waals surface area contributed by atoms with E-state index in [1.807, 2.05) is 30.3 Å². The lowest BCUT2D eigenvalue weighted by molar-refractivity contribution is 0.583. The van der Waals surface area contributed by atoms with Crippen LogP contribution < -0.4 is 0 Å². The molecule has 6 heteroatoms. The Kier molecular flexibility index (Phi) is 3.02. The number of rotatable bonds is 3. The molecule has 0 aliphatic rings. The van der Waals surface area contributed by atoms with Crippen molar-refractivity contribution < 1.29 is 8.42 Å². The van der Waals surface area contributed by atoms with Gasteiger partial charge < -0.3 is 0 Å². The minimum absolute atomic E-state index is 0.292. The van der Waals surface area contributed by atoms with Gasteiger partial charge in [0.2, 0.25) is 0 Å². The topological polar surface area (TPSA) is 75.7 Å². The van der Waals surface area contributed by atoms with Crippen molar-refractivity contribution in [1.29, 1.82) is 0 Å². The average molecular weight is 287 g/mol. The molecule has 0 radical (unpaired) electrons. The van der Waals surface area contributed by atoms with Crippen LogP contribution in [0.25, 0.3) is 10.8 Å². The van der Waals surface area contributed by atoms with E-state index in [1.54, 1.807) is 19.1 Å². The summed E-state index contributed by atoms with van der Waals surface area (Å²) in [7, 11) is -3.49. The molecule has 5 nitrogen and oxygen atoms in total. The van der Waals surface area contributed by atoms with Crippen molar-refractivity contribution in [3.05, 3.63) is 54.6 Å². The summed E-state index contributed by atoms with van der Waals surface area (Å²) < 4.78 is 25.2. The third-order valence-electron chi connectivity index (χ3n) is 3.33. The van der Waals surface area contributed by atoms with Gasteiger partial charge in [0.15, 0.2) is 9.84 Å². The molecule has 20 heavy (non-hydrogen) atoms. The average Bonchev–Trinajstić information content (AvgIpc) is 3.00. The highest BCUT2D eigenvalue weighted by Crippen LogP contribution is 2.28. The Balaban J connectivity index is 2.09. The monoisotopic (exact) mass is 287 g/mol. The van der Waals surface area contributed by atoms with Gasteiger partial charge in [0.1, 0.15) is 17.4 Å². The lowest BCUT2D eigenvalue weighted by atomic mass is 10.1.